The summed E-state index contributed by atoms with van der Waals surface area (Å²) in [6.07, 6.45) is 0. The Morgan fingerprint density at radius 2 is 1.64 bits per heavy atom. The highest BCUT2D eigenvalue weighted by molar-refractivity contribution is 7.96. The number of hydrogen-bond donors (Lipinski definition) is 2. The molecule has 0 saturated heterocycles. The van der Waals surface area contributed by atoms with E-state index in [4.69, 9.17) is 9.47 Å². The monoisotopic (exact) mass is 408 g/mol. The van der Waals surface area contributed by atoms with Gasteiger partial charge < -0.3 is 18.8 Å². The molecule has 1 aromatic carbocycles. The molecule has 12 heteroatoms. The molecular formula is C16H16N4O7S. The summed E-state index contributed by atoms with van der Waals surface area (Å²) in [4.78, 5) is 35.5. The van der Waals surface area contributed by atoms with Crippen molar-refractivity contribution < 1.29 is 32.6 Å². The average Bonchev–Trinajstić information content (AvgIpc) is 2.70. The van der Waals surface area contributed by atoms with Crippen LogP contribution in [0.3, 0.4) is 0 Å². The van der Waals surface area contributed by atoms with Crippen molar-refractivity contribution >= 4 is 34.1 Å². The number of aromatic nitrogens is 2. The lowest BCUT2D eigenvalue weighted by atomic mass is 10.1. The van der Waals surface area contributed by atoms with Crippen LogP contribution in [0.1, 0.15) is 15.9 Å². The first kappa shape index (κ1) is 20.9. The van der Waals surface area contributed by atoms with Gasteiger partial charge in [-0.3, -0.25) is 5.32 Å². The lowest BCUT2D eigenvalue weighted by molar-refractivity contribution is 0.0600. The van der Waals surface area contributed by atoms with Gasteiger partial charge in [-0.25, -0.2) is 13.8 Å². The molecule has 0 aliphatic carbocycles. The second-order valence-electron chi connectivity index (χ2n) is 4.91. The number of methoxy groups -OCH3 is 3. The van der Waals surface area contributed by atoms with Crippen molar-refractivity contribution in [3.05, 3.63) is 41.5 Å². The zero-order valence-corrected chi connectivity index (χ0v) is 15.8. The molecule has 1 atom stereocenters. The Kier molecular flexibility index (Phi) is 7.12. The predicted octanol–water partition coefficient (Wildman–Crippen LogP) is 1.48. The topological polar surface area (TPSA) is 149 Å². The number of aliphatic imine (C=N–C) groups is 1. The second-order valence-corrected chi connectivity index (χ2v) is 5.79. The molecular weight excluding hydrogens is 392 g/mol. The second kappa shape index (κ2) is 9.53. The molecule has 1 heterocycles. The largest absolute Gasteiger partial charge is 0.481 e. The number of carbonyl (C=O) groups is 2. The molecule has 11 nitrogen and oxygen atoms in total. The summed E-state index contributed by atoms with van der Waals surface area (Å²) in [5, 5.41) is 1.69. The molecule has 28 heavy (non-hydrogen) atoms. The number of amides is 2. The van der Waals surface area contributed by atoms with Gasteiger partial charge in [0.05, 0.1) is 33.0 Å². The minimum atomic E-state index is -2.68. The Balaban J connectivity index is 2.39. The van der Waals surface area contributed by atoms with Gasteiger partial charge >= 0.3 is 12.0 Å². The molecule has 1 aromatic heterocycles. The van der Waals surface area contributed by atoms with E-state index in [2.05, 4.69) is 25.0 Å². The van der Waals surface area contributed by atoms with Crippen LogP contribution < -0.4 is 14.8 Å². The normalized spacial score (nSPS) is 12.1. The summed E-state index contributed by atoms with van der Waals surface area (Å²) in [6.45, 7) is 0. The van der Waals surface area contributed by atoms with Gasteiger partial charge in [-0.1, -0.05) is 18.2 Å². The number of benzene rings is 1. The van der Waals surface area contributed by atoms with Crippen molar-refractivity contribution in [2.75, 3.05) is 26.6 Å². The van der Waals surface area contributed by atoms with E-state index in [1.807, 2.05) is 0 Å². The maximum atomic E-state index is 12.2. The van der Waals surface area contributed by atoms with Gasteiger partial charge in [-0.15, -0.1) is 0 Å². The van der Waals surface area contributed by atoms with Crippen LogP contribution in [0, 0.1) is 0 Å². The van der Waals surface area contributed by atoms with E-state index in [1.54, 1.807) is 0 Å². The fourth-order valence-electron chi connectivity index (χ4n) is 2.04. The molecule has 0 bridgehead atoms. The molecule has 1 unspecified atom stereocenters. The Hall–Kier alpha value is -3.38. The van der Waals surface area contributed by atoms with E-state index >= 15 is 0 Å². The number of esters is 1. The fraction of sp³-hybridized carbons (Fsp3) is 0.188. The van der Waals surface area contributed by atoms with Crippen LogP contribution in [0.2, 0.25) is 0 Å². The Bertz CT molecular complexity index is 926. The van der Waals surface area contributed by atoms with E-state index in [0.29, 0.717) is 0 Å². The summed E-state index contributed by atoms with van der Waals surface area (Å²) < 4.78 is 35.9. The lowest BCUT2D eigenvalue weighted by Gasteiger charge is -2.09. The van der Waals surface area contributed by atoms with Gasteiger partial charge in [0.1, 0.15) is 0 Å². The highest BCUT2D eigenvalue weighted by Crippen LogP contribution is 2.18. The molecule has 2 rings (SSSR count). The van der Waals surface area contributed by atoms with Gasteiger partial charge in [0, 0.05) is 5.56 Å². The first-order valence-corrected chi connectivity index (χ1v) is 8.65. The summed E-state index contributed by atoms with van der Waals surface area (Å²) in [7, 11) is 3.89. The summed E-state index contributed by atoms with van der Waals surface area (Å²) in [5.74, 6) is -0.717. The van der Waals surface area contributed by atoms with Gasteiger partial charge in [0.25, 0.3) is 0 Å². The first-order valence-electron chi connectivity index (χ1n) is 7.55. The summed E-state index contributed by atoms with van der Waals surface area (Å²) in [6, 6.07) is 6.11. The lowest BCUT2D eigenvalue weighted by Crippen LogP contribution is -2.19. The van der Waals surface area contributed by atoms with Crippen molar-refractivity contribution in [1.29, 1.82) is 0 Å². The zero-order valence-electron chi connectivity index (χ0n) is 15.0. The smallest absolute Gasteiger partial charge is 0.349 e. The standard InChI is InChI=1S/C16H16N4O7S/c1-25-11-8-12(26-2)18-15(17-11)20-16(22)19-13(28(23)24)9-6-4-5-7-10(9)14(21)27-3/h4-8H,1-3H3,(H,23,24)(H,17,18,20,22). The van der Waals surface area contributed by atoms with Crippen LogP contribution in [0.5, 0.6) is 11.8 Å². The van der Waals surface area contributed by atoms with Crippen LogP contribution in [0.4, 0.5) is 10.7 Å². The first-order chi connectivity index (χ1) is 13.4. The van der Waals surface area contributed by atoms with E-state index in [0.717, 1.165) is 7.11 Å². The molecule has 2 aromatic rings. The Morgan fingerprint density at radius 1 is 1.07 bits per heavy atom. The number of rotatable bonds is 5. The molecule has 0 saturated carbocycles. The molecule has 2 amide bonds. The zero-order chi connectivity index (χ0) is 20.7. The third-order valence-electron chi connectivity index (χ3n) is 3.25. The van der Waals surface area contributed by atoms with Crippen LogP contribution in [-0.2, 0) is 15.8 Å². The predicted molar refractivity (Wildman–Crippen MR) is 99.2 cm³/mol. The van der Waals surface area contributed by atoms with E-state index in [-0.39, 0.29) is 28.8 Å². The minimum Gasteiger partial charge on any atom is -0.481 e. The molecule has 0 aliphatic rings. The quantitative estimate of drug-likeness (QED) is 0.324. The van der Waals surface area contributed by atoms with Gasteiger partial charge in [-0.05, 0) is 6.07 Å². The summed E-state index contributed by atoms with van der Waals surface area (Å²) >= 11 is -2.68. The summed E-state index contributed by atoms with van der Waals surface area (Å²) in [5.41, 5.74) is -0.0623. The molecule has 0 spiro atoms. The molecule has 0 radical (unpaired) electrons. The number of nitrogens with one attached hydrogen (secondary N) is 1. The van der Waals surface area contributed by atoms with Crippen LogP contribution in [-0.4, -0.2) is 57.1 Å². The number of ether oxygens (including phenoxy) is 3. The van der Waals surface area contributed by atoms with Crippen LogP contribution >= 0.6 is 0 Å². The average molecular weight is 408 g/mol. The minimum absolute atomic E-state index is 0.0294. The van der Waals surface area contributed by atoms with Crippen LogP contribution in [0.25, 0.3) is 0 Å². The molecule has 148 valence electrons. The van der Waals surface area contributed by atoms with Crippen molar-refractivity contribution in [3.8, 4) is 11.8 Å². The maximum absolute atomic E-state index is 12.2. The number of carbonyl (C=O) groups excluding carboxylic acids is 2. The third kappa shape index (κ3) is 5.08. The van der Waals surface area contributed by atoms with Crippen molar-refractivity contribution in [1.82, 2.24) is 9.97 Å². The van der Waals surface area contributed by atoms with Crippen LogP contribution in [0.15, 0.2) is 35.3 Å². The van der Waals surface area contributed by atoms with E-state index in [1.165, 1.54) is 44.6 Å². The highest BCUT2D eigenvalue weighted by atomic mass is 32.2. The molecule has 0 fully saturated rings. The van der Waals surface area contributed by atoms with E-state index in [9.17, 15) is 18.4 Å². The number of urea groups is 1. The highest BCUT2D eigenvalue weighted by Gasteiger charge is 2.21. The van der Waals surface area contributed by atoms with Crippen molar-refractivity contribution in [2.24, 2.45) is 4.99 Å². The van der Waals surface area contributed by atoms with E-state index < -0.39 is 28.1 Å². The molecule has 0 aliphatic heterocycles. The maximum Gasteiger partial charge on any atom is 0.349 e. The van der Waals surface area contributed by atoms with Gasteiger partial charge in [-0.2, -0.15) is 15.0 Å². The number of anilines is 1. The number of nitrogens with zero attached hydrogens (tertiary/aromatic N) is 3. The number of hydrogen-bond acceptors (Lipinski definition) is 8. The van der Waals surface area contributed by atoms with Gasteiger partial charge in [0.2, 0.25) is 28.8 Å². The van der Waals surface area contributed by atoms with Crippen molar-refractivity contribution in [2.45, 2.75) is 0 Å². The fourth-order valence-corrected chi connectivity index (χ4v) is 2.56. The third-order valence-corrected chi connectivity index (χ3v) is 3.89. The van der Waals surface area contributed by atoms with Gasteiger partial charge in [0.15, 0.2) is 5.04 Å². The molecule has 2 N–H and O–H groups in total. The van der Waals surface area contributed by atoms with Crippen molar-refractivity contribution in [3.63, 3.8) is 0 Å². The SMILES string of the molecule is COC(=O)c1ccccc1C(=NC(=O)Nc1nc(OC)cc(OC)n1)S(=O)O. The Morgan fingerprint density at radius 3 is 2.14 bits per heavy atom. The Labute approximate surface area is 162 Å².